The number of carbonyl (C=O) groups excluding carboxylic acids is 2. The largest absolute Gasteiger partial charge is 0.508 e. The van der Waals surface area contributed by atoms with Gasteiger partial charge in [-0.2, -0.15) is 0 Å². The molecule has 6 nitrogen and oxygen atoms in total. The number of ether oxygens (including phenoxy) is 1. The fourth-order valence-electron chi connectivity index (χ4n) is 2.86. The Morgan fingerprint density at radius 1 is 0.967 bits per heavy atom. The van der Waals surface area contributed by atoms with Crippen LogP contribution in [0, 0.1) is 0 Å². The van der Waals surface area contributed by atoms with Crippen LogP contribution in [0.5, 0.6) is 11.5 Å². The van der Waals surface area contributed by atoms with E-state index in [0.717, 1.165) is 10.4 Å². The van der Waals surface area contributed by atoms with Crippen LogP contribution in [0.25, 0.3) is 10.4 Å². The SMILES string of the molecule is CCOc1cc(-c2ccccc2)sc1C(=O)NCCCNC(=O)c1cccc(O)c1. The molecule has 0 aliphatic heterocycles. The molecular weight excluding hydrogens is 400 g/mol. The fourth-order valence-corrected chi connectivity index (χ4v) is 3.88. The number of benzene rings is 2. The summed E-state index contributed by atoms with van der Waals surface area (Å²) in [5.74, 6) is 0.174. The number of phenolic OH excluding ortho intramolecular Hbond substituents is 1. The number of hydrogen-bond acceptors (Lipinski definition) is 5. The highest BCUT2D eigenvalue weighted by Crippen LogP contribution is 2.36. The molecule has 2 aromatic carbocycles. The molecule has 0 spiro atoms. The molecule has 3 rings (SSSR count). The molecule has 1 aromatic heterocycles. The van der Waals surface area contributed by atoms with E-state index in [1.807, 2.05) is 43.3 Å². The molecule has 30 heavy (non-hydrogen) atoms. The van der Waals surface area contributed by atoms with Gasteiger partial charge in [-0.15, -0.1) is 11.3 Å². The van der Waals surface area contributed by atoms with E-state index in [1.165, 1.54) is 23.5 Å². The summed E-state index contributed by atoms with van der Waals surface area (Å²) in [6.07, 6.45) is 0.581. The Bertz CT molecular complexity index is 1000. The van der Waals surface area contributed by atoms with Crippen LogP contribution in [0.2, 0.25) is 0 Å². The van der Waals surface area contributed by atoms with Crippen LogP contribution < -0.4 is 15.4 Å². The van der Waals surface area contributed by atoms with Gasteiger partial charge in [0.25, 0.3) is 11.8 Å². The predicted octanol–water partition coefficient (Wildman–Crippen LogP) is 4.07. The van der Waals surface area contributed by atoms with Gasteiger partial charge < -0.3 is 20.5 Å². The molecule has 3 N–H and O–H groups in total. The zero-order chi connectivity index (χ0) is 21.3. The van der Waals surface area contributed by atoms with Gasteiger partial charge in [-0.25, -0.2) is 0 Å². The Labute approximate surface area is 179 Å². The maximum Gasteiger partial charge on any atom is 0.265 e. The van der Waals surface area contributed by atoms with Crippen LogP contribution >= 0.6 is 11.3 Å². The van der Waals surface area contributed by atoms with Gasteiger partial charge in [0.2, 0.25) is 0 Å². The maximum atomic E-state index is 12.6. The number of amides is 2. The zero-order valence-electron chi connectivity index (χ0n) is 16.7. The molecule has 0 aliphatic rings. The lowest BCUT2D eigenvalue weighted by atomic mass is 10.2. The van der Waals surface area contributed by atoms with Crippen molar-refractivity contribution in [2.75, 3.05) is 19.7 Å². The lowest BCUT2D eigenvalue weighted by Gasteiger charge is -2.08. The van der Waals surface area contributed by atoms with Gasteiger partial charge in [0.05, 0.1) is 6.61 Å². The van der Waals surface area contributed by atoms with Crippen LogP contribution in [0.15, 0.2) is 60.7 Å². The molecular formula is C23H24N2O4S. The molecule has 0 saturated carbocycles. The smallest absolute Gasteiger partial charge is 0.265 e. The summed E-state index contributed by atoms with van der Waals surface area (Å²) < 4.78 is 5.65. The van der Waals surface area contributed by atoms with Crippen molar-refractivity contribution in [3.05, 3.63) is 71.1 Å². The monoisotopic (exact) mass is 424 g/mol. The summed E-state index contributed by atoms with van der Waals surface area (Å²) in [5, 5.41) is 15.1. The fraction of sp³-hybridized carbons (Fsp3) is 0.217. The summed E-state index contributed by atoms with van der Waals surface area (Å²) >= 11 is 1.40. The minimum absolute atomic E-state index is 0.0471. The topological polar surface area (TPSA) is 87.7 Å². The average Bonchev–Trinajstić information content (AvgIpc) is 3.18. The molecule has 0 bridgehead atoms. The summed E-state index contributed by atoms with van der Waals surface area (Å²) in [6, 6.07) is 17.9. The Hall–Kier alpha value is -3.32. The third-order valence-corrected chi connectivity index (χ3v) is 5.46. The Kier molecular flexibility index (Phi) is 7.45. The number of nitrogens with one attached hydrogen (secondary N) is 2. The second kappa shape index (κ2) is 10.5. The molecule has 1 heterocycles. The van der Waals surface area contributed by atoms with Crippen molar-refractivity contribution in [1.29, 1.82) is 0 Å². The Morgan fingerprint density at radius 2 is 1.70 bits per heavy atom. The lowest BCUT2D eigenvalue weighted by Crippen LogP contribution is -2.29. The molecule has 0 saturated heterocycles. The summed E-state index contributed by atoms with van der Waals surface area (Å²) in [6.45, 7) is 3.19. The molecule has 2 amide bonds. The minimum Gasteiger partial charge on any atom is -0.508 e. The van der Waals surface area contributed by atoms with Gasteiger partial charge in [0.15, 0.2) is 0 Å². The number of thiophene rings is 1. The first kappa shape index (κ1) is 21.4. The van der Waals surface area contributed by atoms with Crippen molar-refractivity contribution in [2.24, 2.45) is 0 Å². The van der Waals surface area contributed by atoms with Gasteiger partial charge in [-0.3, -0.25) is 9.59 Å². The first-order chi connectivity index (χ1) is 14.6. The minimum atomic E-state index is -0.262. The van der Waals surface area contributed by atoms with E-state index in [1.54, 1.807) is 12.1 Å². The summed E-state index contributed by atoms with van der Waals surface area (Å²) in [5.41, 5.74) is 1.43. The van der Waals surface area contributed by atoms with Gasteiger partial charge >= 0.3 is 0 Å². The van der Waals surface area contributed by atoms with E-state index in [2.05, 4.69) is 10.6 Å². The number of rotatable bonds is 9. The third-order valence-electron chi connectivity index (χ3n) is 4.30. The number of carbonyl (C=O) groups is 2. The van der Waals surface area contributed by atoms with E-state index >= 15 is 0 Å². The second-order valence-corrected chi connectivity index (χ2v) is 7.57. The van der Waals surface area contributed by atoms with Crippen LogP contribution in [0.1, 0.15) is 33.4 Å². The highest BCUT2D eigenvalue weighted by molar-refractivity contribution is 7.17. The quantitative estimate of drug-likeness (QED) is 0.452. The summed E-state index contributed by atoms with van der Waals surface area (Å²) in [7, 11) is 0. The molecule has 156 valence electrons. The number of aromatic hydroxyl groups is 1. The van der Waals surface area contributed by atoms with Crippen molar-refractivity contribution >= 4 is 23.2 Å². The molecule has 0 radical (unpaired) electrons. The normalized spacial score (nSPS) is 10.4. The third kappa shape index (κ3) is 5.61. The van der Waals surface area contributed by atoms with Crippen LogP contribution in [-0.2, 0) is 0 Å². The Morgan fingerprint density at radius 3 is 2.40 bits per heavy atom. The number of hydrogen-bond donors (Lipinski definition) is 3. The molecule has 0 atom stereocenters. The second-order valence-electron chi connectivity index (χ2n) is 6.52. The molecule has 0 fully saturated rings. The standard InChI is InChI=1S/C23H24N2O4S/c1-2-29-19-15-20(16-8-4-3-5-9-16)30-21(19)23(28)25-13-7-12-24-22(27)17-10-6-11-18(26)14-17/h3-6,8-11,14-15,26H,2,7,12-13H2,1H3,(H,24,27)(H,25,28). The van der Waals surface area contributed by atoms with Gasteiger partial charge in [-0.05, 0) is 43.2 Å². The van der Waals surface area contributed by atoms with E-state index in [-0.39, 0.29) is 17.6 Å². The highest BCUT2D eigenvalue weighted by atomic mass is 32.1. The van der Waals surface area contributed by atoms with E-state index in [4.69, 9.17) is 4.74 Å². The van der Waals surface area contributed by atoms with E-state index < -0.39 is 0 Å². The van der Waals surface area contributed by atoms with Gasteiger partial charge in [0.1, 0.15) is 16.4 Å². The zero-order valence-corrected chi connectivity index (χ0v) is 17.5. The van der Waals surface area contributed by atoms with Crippen molar-refractivity contribution in [2.45, 2.75) is 13.3 Å². The molecule has 0 aliphatic carbocycles. The van der Waals surface area contributed by atoms with Crippen molar-refractivity contribution in [3.63, 3.8) is 0 Å². The van der Waals surface area contributed by atoms with Crippen molar-refractivity contribution < 1.29 is 19.4 Å². The number of phenols is 1. The van der Waals surface area contributed by atoms with Crippen LogP contribution in [0.4, 0.5) is 0 Å². The average molecular weight is 425 g/mol. The van der Waals surface area contributed by atoms with Crippen molar-refractivity contribution in [3.8, 4) is 21.9 Å². The lowest BCUT2D eigenvalue weighted by molar-refractivity contribution is 0.0952. The van der Waals surface area contributed by atoms with Crippen LogP contribution in [-0.4, -0.2) is 36.6 Å². The van der Waals surface area contributed by atoms with Gasteiger partial charge in [-0.1, -0.05) is 36.4 Å². The maximum absolute atomic E-state index is 12.6. The van der Waals surface area contributed by atoms with E-state index in [0.29, 0.717) is 42.3 Å². The first-order valence-electron chi connectivity index (χ1n) is 9.76. The molecule has 7 heteroatoms. The first-order valence-corrected chi connectivity index (χ1v) is 10.6. The van der Waals surface area contributed by atoms with Crippen molar-refractivity contribution in [1.82, 2.24) is 10.6 Å². The molecule has 0 unspecified atom stereocenters. The Balaban J connectivity index is 1.52. The van der Waals surface area contributed by atoms with Gasteiger partial charge in [0, 0.05) is 23.5 Å². The highest BCUT2D eigenvalue weighted by Gasteiger charge is 2.18. The van der Waals surface area contributed by atoms with Crippen LogP contribution in [0.3, 0.4) is 0 Å². The molecule has 3 aromatic rings. The van der Waals surface area contributed by atoms with E-state index in [9.17, 15) is 14.7 Å². The predicted molar refractivity (Wildman–Crippen MR) is 118 cm³/mol. The summed E-state index contributed by atoms with van der Waals surface area (Å²) in [4.78, 5) is 26.2.